The minimum Gasteiger partial charge on any atom is -0.320 e. The topological polar surface area (TPSA) is 68.0 Å². The van der Waals surface area contributed by atoms with Crippen LogP contribution in [-0.4, -0.2) is 17.4 Å². The van der Waals surface area contributed by atoms with Gasteiger partial charge in [0.25, 0.3) is 0 Å². The summed E-state index contributed by atoms with van der Waals surface area (Å²) < 4.78 is 0. The number of carbonyl (C=O) groups is 1. The van der Waals surface area contributed by atoms with E-state index in [4.69, 9.17) is 5.73 Å². The smallest absolute Gasteiger partial charge is 0.228 e. The van der Waals surface area contributed by atoms with Gasteiger partial charge in [-0.1, -0.05) is 25.8 Å². The van der Waals surface area contributed by atoms with Crippen LogP contribution in [0.3, 0.4) is 0 Å². The Morgan fingerprint density at radius 3 is 3.00 bits per heavy atom. The van der Waals surface area contributed by atoms with Crippen molar-refractivity contribution < 1.29 is 4.79 Å². The monoisotopic (exact) mass is 231 g/mol. The van der Waals surface area contributed by atoms with Crippen LogP contribution in [0.4, 0.5) is 5.82 Å². The molecule has 1 unspecified atom stereocenters. The highest BCUT2D eigenvalue weighted by atomic mass is 16.1. The van der Waals surface area contributed by atoms with Crippen LogP contribution in [0.15, 0.2) is 18.2 Å². The molecule has 1 heterocycles. The van der Waals surface area contributed by atoms with Crippen LogP contribution in [0.5, 0.6) is 0 Å². The highest BCUT2D eigenvalue weighted by Crippen LogP contribution is 2.08. The Balaban J connectivity index is 2.75. The first-order valence-corrected chi connectivity index (χ1v) is 5.64. The largest absolute Gasteiger partial charge is 0.320 e. The van der Waals surface area contributed by atoms with Gasteiger partial charge in [0.1, 0.15) is 11.5 Å². The second kappa shape index (κ2) is 6.66. The molecule has 0 bridgehead atoms. The second-order valence-corrected chi connectivity index (χ2v) is 3.71. The van der Waals surface area contributed by atoms with Crippen molar-refractivity contribution in [3.05, 3.63) is 23.9 Å². The molecule has 0 aliphatic rings. The average Bonchev–Trinajstić information content (AvgIpc) is 2.35. The standard InChI is InChI=1S/C13H17N3O/c1-3-10(2)13(17)16-12-8-4-6-11(15-12)7-5-9-14/h4,6,8,10H,3,9,14H2,1-2H3,(H,15,16,17). The van der Waals surface area contributed by atoms with Gasteiger partial charge >= 0.3 is 0 Å². The van der Waals surface area contributed by atoms with Crippen LogP contribution in [0.25, 0.3) is 0 Å². The Morgan fingerprint density at radius 1 is 1.59 bits per heavy atom. The van der Waals surface area contributed by atoms with Crippen molar-refractivity contribution in [1.29, 1.82) is 0 Å². The zero-order valence-electron chi connectivity index (χ0n) is 10.2. The fourth-order valence-corrected chi connectivity index (χ4v) is 1.15. The first kappa shape index (κ1) is 13.2. The fraction of sp³-hybridized carbons (Fsp3) is 0.385. The molecule has 3 N–H and O–H groups in total. The molecular weight excluding hydrogens is 214 g/mol. The molecule has 0 aliphatic heterocycles. The van der Waals surface area contributed by atoms with Crippen molar-refractivity contribution in [3.8, 4) is 11.8 Å². The third-order valence-electron chi connectivity index (χ3n) is 2.38. The molecule has 0 saturated heterocycles. The number of hydrogen-bond acceptors (Lipinski definition) is 3. The van der Waals surface area contributed by atoms with Crippen molar-refractivity contribution in [1.82, 2.24) is 4.98 Å². The van der Waals surface area contributed by atoms with E-state index in [1.165, 1.54) is 0 Å². The maximum atomic E-state index is 11.7. The quantitative estimate of drug-likeness (QED) is 0.772. The van der Waals surface area contributed by atoms with Gasteiger partial charge in [0, 0.05) is 5.92 Å². The van der Waals surface area contributed by atoms with Crippen LogP contribution >= 0.6 is 0 Å². The normalized spacial score (nSPS) is 11.2. The molecular formula is C13H17N3O. The first-order valence-electron chi connectivity index (χ1n) is 5.64. The molecule has 0 aliphatic carbocycles. The molecule has 0 spiro atoms. The fourth-order valence-electron chi connectivity index (χ4n) is 1.15. The van der Waals surface area contributed by atoms with E-state index in [2.05, 4.69) is 22.1 Å². The van der Waals surface area contributed by atoms with Gasteiger partial charge in [0.15, 0.2) is 0 Å². The molecule has 0 aromatic carbocycles. The van der Waals surface area contributed by atoms with Gasteiger partial charge in [0.2, 0.25) is 5.91 Å². The summed E-state index contributed by atoms with van der Waals surface area (Å²) in [4.78, 5) is 15.9. The Labute approximate surface area is 102 Å². The Morgan fingerprint density at radius 2 is 2.35 bits per heavy atom. The van der Waals surface area contributed by atoms with Gasteiger partial charge in [-0.05, 0) is 24.5 Å². The lowest BCUT2D eigenvalue weighted by Gasteiger charge is -2.09. The summed E-state index contributed by atoms with van der Waals surface area (Å²) in [5, 5.41) is 2.76. The molecule has 1 atom stereocenters. The van der Waals surface area contributed by atoms with Crippen LogP contribution < -0.4 is 11.1 Å². The maximum absolute atomic E-state index is 11.7. The lowest BCUT2D eigenvalue weighted by Crippen LogP contribution is -2.20. The van der Waals surface area contributed by atoms with E-state index in [-0.39, 0.29) is 11.8 Å². The maximum Gasteiger partial charge on any atom is 0.228 e. The average molecular weight is 231 g/mol. The number of amides is 1. The number of rotatable bonds is 3. The van der Waals surface area contributed by atoms with Crippen LogP contribution in [-0.2, 0) is 4.79 Å². The van der Waals surface area contributed by atoms with Crippen molar-refractivity contribution in [2.45, 2.75) is 20.3 Å². The van der Waals surface area contributed by atoms with Gasteiger partial charge in [-0.15, -0.1) is 0 Å². The van der Waals surface area contributed by atoms with Crippen molar-refractivity contribution in [2.75, 3.05) is 11.9 Å². The summed E-state index contributed by atoms with van der Waals surface area (Å²) in [5.41, 5.74) is 5.89. The summed E-state index contributed by atoms with van der Waals surface area (Å²) >= 11 is 0. The number of hydrogen-bond donors (Lipinski definition) is 2. The molecule has 0 radical (unpaired) electrons. The summed E-state index contributed by atoms with van der Waals surface area (Å²) in [6.45, 7) is 4.15. The molecule has 1 aromatic heterocycles. The number of pyridine rings is 1. The van der Waals surface area contributed by atoms with Crippen molar-refractivity contribution >= 4 is 11.7 Å². The van der Waals surface area contributed by atoms with E-state index in [0.29, 0.717) is 18.1 Å². The SMILES string of the molecule is CCC(C)C(=O)Nc1cccc(C#CCN)n1. The highest BCUT2D eigenvalue weighted by molar-refractivity contribution is 5.91. The predicted molar refractivity (Wildman–Crippen MR) is 68.3 cm³/mol. The first-order chi connectivity index (χ1) is 8.17. The minimum atomic E-state index is -0.0241. The summed E-state index contributed by atoms with van der Waals surface area (Å²) in [6.07, 6.45) is 0.804. The molecule has 17 heavy (non-hydrogen) atoms. The molecule has 0 fully saturated rings. The van der Waals surface area contributed by atoms with E-state index >= 15 is 0 Å². The Bertz CT molecular complexity index is 445. The lowest BCUT2D eigenvalue weighted by atomic mass is 10.1. The number of nitrogens with one attached hydrogen (secondary N) is 1. The minimum absolute atomic E-state index is 0.0180. The van der Waals surface area contributed by atoms with Crippen molar-refractivity contribution in [3.63, 3.8) is 0 Å². The predicted octanol–water partition coefficient (Wildman–Crippen LogP) is 1.38. The van der Waals surface area contributed by atoms with Gasteiger partial charge in [-0.2, -0.15) is 0 Å². The van der Waals surface area contributed by atoms with E-state index in [1.807, 2.05) is 13.8 Å². The Kier molecular flexibility index (Phi) is 5.18. The van der Waals surface area contributed by atoms with Gasteiger partial charge in [0.05, 0.1) is 6.54 Å². The van der Waals surface area contributed by atoms with Gasteiger partial charge in [-0.25, -0.2) is 4.98 Å². The third kappa shape index (κ3) is 4.25. The molecule has 1 amide bonds. The van der Waals surface area contributed by atoms with Crippen LogP contribution in [0.2, 0.25) is 0 Å². The summed E-state index contributed by atoms with van der Waals surface area (Å²) in [5.74, 6) is 6.03. The molecule has 1 rings (SSSR count). The number of anilines is 1. The number of nitrogens with two attached hydrogens (primary N) is 1. The van der Waals surface area contributed by atoms with E-state index in [9.17, 15) is 4.79 Å². The number of carbonyl (C=O) groups excluding carboxylic acids is 1. The number of nitrogens with zero attached hydrogens (tertiary/aromatic N) is 1. The zero-order valence-corrected chi connectivity index (χ0v) is 10.2. The molecule has 1 aromatic rings. The van der Waals surface area contributed by atoms with Crippen molar-refractivity contribution in [2.24, 2.45) is 11.7 Å². The zero-order chi connectivity index (χ0) is 12.7. The molecule has 4 heteroatoms. The summed E-state index contributed by atoms with van der Waals surface area (Å²) in [7, 11) is 0. The van der Waals surface area contributed by atoms with Gasteiger partial charge in [-0.3, -0.25) is 4.79 Å². The lowest BCUT2D eigenvalue weighted by molar-refractivity contribution is -0.119. The highest BCUT2D eigenvalue weighted by Gasteiger charge is 2.10. The van der Waals surface area contributed by atoms with E-state index in [0.717, 1.165) is 6.42 Å². The molecule has 0 saturated carbocycles. The van der Waals surface area contributed by atoms with Gasteiger partial charge < -0.3 is 11.1 Å². The van der Waals surface area contributed by atoms with Crippen LogP contribution in [0, 0.1) is 17.8 Å². The molecule has 90 valence electrons. The second-order valence-electron chi connectivity index (χ2n) is 3.71. The summed E-state index contributed by atoms with van der Waals surface area (Å²) in [6, 6.07) is 5.33. The number of aromatic nitrogens is 1. The Hall–Kier alpha value is -1.86. The molecule has 4 nitrogen and oxygen atoms in total. The van der Waals surface area contributed by atoms with Crippen LogP contribution in [0.1, 0.15) is 26.0 Å². The third-order valence-corrected chi connectivity index (χ3v) is 2.38. The van der Waals surface area contributed by atoms with E-state index in [1.54, 1.807) is 18.2 Å². The van der Waals surface area contributed by atoms with E-state index < -0.39 is 0 Å².